The van der Waals surface area contributed by atoms with E-state index < -0.39 is 0 Å². The van der Waals surface area contributed by atoms with Gasteiger partial charge in [-0.05, 0) is 56.3 Å². The van der Waals surface area contributed by atoms with Gasteiger partial charge in [0.05, 0.1) is 0 Å². The number of hydrogen-bond acceptors (Lipinski definition) is 2. The van der Waals surface area contributed by atoms with Gasteiger partial charge in [0, 0.05) is 29.6 Å². The molecule has 2 fully saturated rings. The normalized spacial score (nSPS) is 21.2. The van der Waals surface area contributed by atoms with E-state index in [0.717, 1.165) is 38.8 Å². The molecule has 1 saturated heterocycles. The first-order valence-corrected chi connectivity index (χ1v) is 8.87. The first kappa shape index (κ1) is 19.5. The molecule has 1 aromatic carbocycles. The van der Waals surface area contributed by atoms with Crippen LogP contribution in [0.5, 0.6) is 0 Å². The molecule has 134 valence electrons. The quantitative estimate of drug-likeness (QED) is 0.843. The van der Waals surface area contributed by atoms with Crippen LogP contribution in [0.25, 0.3) is 0 Å². The maximum atomic E-state index is 14.0. The van der Waals surface area contributed by atoms with Gasteiger partial charge in [0.15, 0.2) is 0 Å². The lowest BCUT2D eigenvalue weighted by Crippen LogP contribution is -2.37. The second kappa shape index (κ2) is 8.03. The van der Waals surface area contributed by atoms with Crippen LogP contribution in [0.1, 0.15) is 38.2 Å². The van der Waals surface area contributed by atoms with Gasteiger partial charge in [-0.3, -0.25) is 4.79 Å². The molecule has 24 heavy (non-hydrogen) atoms. The van der Waals surface area contributed by atoms with Gasteiger partial charge in [-0.15, -0.1) is 12.4 Å². The number of carbonyl (C=O) groups is 1. The van der Waals surface area contributed by atoms with Gasteiger partial charge < -0.3 is 10.2 Å². The molecule has 1 N–H and O–H groups in total. The summed E-state index contributed by atoms with van der Waals surface area (Å²) in [7, 11) is 0. The van der Waals surface area contributed by atoms with Gasteiger partial charge in [0.25, 0.3) is 0 Å². The summed E-state index contributed by atoms with van der Waals surface area (Å²) < 4.78 is 14.0. The predicted octanol–water partition coefficient (Wildman–Crippen LogP) is 4.03. The van der Waals surface area contributed by atoms with E-state index in [9.17, 15) is 9.18 Å². The van der Waals surface area contributed by atoms with Crippen LogP contribution >= 0.6 is 24.0 Å². The topological polar surface area (TPSA) is 32.3 Å². The van der Waals surface area contributed by atoms with Crippen LogP contribution in [0.4, 0.5) is 4.39 Å². The highest BCUT2D eigenvalue weighted by Gasteiger charge is 2.58. The third kappa shape index (κ3) is 3.87. The van der Waals surface area contributed by atoms with Gasteiger partial charge in [0.1, 0.15) is 5.82 Å². The Labute approximate surface area is 154 Å². The molecule has 1 aliphatic heterocycles. The molecule has 0 radical (unpaired) electrons. The van der Waals surface area contributed by atoms with Crippen molar-refractivity contribution >= 4 is 29.9 Å². The van der Waals surface area contributed by atoms with E-state index in [1.54, 1.807) is 17.0 Å². The summed E-state index contributed by atoms with van der Waals surface area (Å²) >= 11 is 6.13. The van der Waals surface area contributed by atoms with Crippen LogP contribution in [0.3, 0.4) is 0 Å². The maximum Gasteiger partial charge on any atom is 0.226 e. The third-order valence-corrected chi connectivity index (χ3v) is 5.66. The van der Waals surface area contributed by atoms with Crippen molar-refractivity contribution in [2.24, 2.45) is 11.3 Å². The number of nitrogens with one attached hydrogen (secondary N) is 1. The van der Waals surface area contributed by atoms with Crippen molar-refractivity contribution in [3.8, 4) is 0 Å². The molecular formula is C18H25Cl2FN2O. The van der Waals surface area contributed by atoms with E-state index in [2.05, 4.69) is 5.32 Å². The van der Waals surface area contributed by atoms with E-state index >= 15 is 0 Å². The first-order chi connectivity index (χ1) is 11.1. The minimum absolute atomic E-state index is 0. The first-order valence-electron chi connectivity index (χ1n) is 8.50. The Morgan fingerprint density at radius 1 is 1.42 bits per heavy atom. The fraction of sp³-hybridized carbons (Fsp3) is 0.611. The predicted molar refractivity (Wildman–Crippen MR) is 97.0 cm³/mol. The van der Waals surface area contributed by atoms with Crippen molar-refractivity contribution in [1.82, 2.24) is 10.2 Å². The second-order valence-corrected chi connectivity index (χ2v) is 7.24. The van der Waals surface area contributed by atoms with Gasteiger partial charge in [-0.1, -0.05) is 24.6 Å². The molecule has 1 unspecified atom stereocenters. The highest BCUT2D eigenvalue weighted by Crippen LogP contribution is 2.59. The van der Waals surface area contributed by atoms with Crippen molar-refractivity contribution in [2.75, 3.05) is 19.6 Å². The highest BCUT2D eigenvalue weighted by atomic mass is 35.5. The number of amides is 1. The average Bonchev–Trinajstić information content (AvgIpc) is 3.23. The molecule has 1 aromatic rings. The molecule has 1 amide bonds. The Morgan fingerprint density at radius 3 is 2.75 bits per heavy atom. The fourth-order valence-electron chi connectivity index (χ4n) is 3.81. The highest BCUT2D eigenvalue weighted by molar-refractivity contribution is 6.31. The molecule has 1 heterocycles. The lowest BCUT2D eigenvalue weighted by molar-refractivity contribution is -0.134. The molecule has 3 rings (SSSR count). The Hall–Kier alpha value is -0.840. The van der Waals surface area contributed by atoms with E-state index in [1.165, 1.54) is 6.07 Å². The Bertz CT molecular complexity index is 570. The zero-order chi connectivity index (χ0) is 16.4. The van der Waals surface area contributed by atoms with Crippen LogP contribution in [0, 0.1) is 17.2 Å². The van der Waals surface area contributed by atoms with Crippen molar-refractivity contribution in [1.29, 1.82) is 0 Å². The van der Waals surface area contributed by atoms with E-state index in [1.807, 2.05) is 6.92 Å². The van der Waals surface area contributed by atoms with Crippen LogP contribution in [-0.4, -0.2) is 30.4 Å². The lowest BCUT2D eigenvalue weighted by atomic mass is 9.91. The summed E-state index contributed by atoms with van der Waals surface area (Å²) in [5.41, 5.74) is 0.629. The van der Waals surface area contributed by atoms with Crippen LogP contribution in [-0.2, 0) is 11.3 Å². The molecule has 1 saturated carbocycles. The zero-order valence-electron chi connectivity index (χ0n) is 14.0. The molecule has 1 spiro atoms. The summed E-state index contributed by atoms with van der Waals surface area (Å²) in [4.78, 5) is 14.7. The lowest BCUT2D eigenvalue weighted by Gasteiger charge is -2.27. The Balaban J connectivity index is 0.00000208. The summed E-state index contributed by atoms with van der Waals surface area (Å²) in [6.45, 7) is 4.95. The minimum Gasteiger partial charge on any atom is -0.338 e. The smallest absolute Gasteiger partial charge is 0.226 e. The summed E-state index contributed by atoms with van der Waals surface area (Å²) in [5.74, 6) is -0.0476. The zero-order valence-corrected chi connectivity index (χ0v) is 15.6. The number of nitrogens with zero attached hydrogens (tertiary/aromatic N) is 1. The molecule has 1 aliphatic carbocycles. The second-order valence-electron chi connectivity index (χ2n) is 6.83. The number of halogens is 3. The number of piperidine rings is 1. The summed E-state index contributed by atoms with van der Waals surface area (Å²) in [6.07, 6.45) is 3.99. The van der Waals surface area contributed by atoms with E-state index in [4.69, 9.17) is 11.6 Å². The molecular weight excluding hydrogens is 350 g/mol. The van der Waals surface area contributed by atoms with Gasteiger partial charge in [-0.25, -0.2) is 4.39 Å². The van der Waals surface area contributed by atoms with Crippen molar-refractivity contribution < 1.29 is 9.18 Å². The Kier molecular flexibility index (Phi) is 6.52. The van der Waals surface area contributed by atoms with Crippen LogP contribution < -0.4 is 5.32 Å². The average molecular weight is 375 g/mol. The van der Waals surface area contributed by atoms with Crippen molar-refractivity contribution in [3.05, 3.63) is 34.6 Å². The maximum absolute atomic E-state index is 14.0. The fourth-order valence-corrected chi connectivity index (χ4v) is 4.03. The minimum atomic E-state index is -0.334. The molecule has 1 atom stereocenters. The molecule has 0 aromatic heterocycles. The van der Waals surface area contributed by atoms with Gasteiger partial charge >= 0.3 is 0 Å². The van der Waals surface area contributed by atoms with Crippen LogP contribution in [0.15, 0.2) is 18.2 Å². The van der Waals surface area contributed by atoms with Gasteiger partial charge in [0.2, 0.25) is 5.91 Å². The molecule has 2 aliphatic rings. The number of benzene rings is 1. The standard InChI is InChI=1S/C18H24ClFN2O.ClH/c1-2-10-22(12-13-15(19)4-3-5-16(13)20)17(23)14-11-18(14)6-8-21-9-7-18;/h3-5,14,21H,2,6-12H2,1H3;1H. The largest absolute Gasteiger partial charge is 0.338 e. The number of rotatable bonds is 5. The third-order valence-electron chi connectivity index (χ3n) is 5.30. The Morgan fingerprint density at radius 2 is 2.12 bits per heavy atom. The van der Waals surface area contributed by atoms with Gasteiger partial charge in [-0.2, -0.15) is 0 Å². The summed E-state index contributed by atoms with van der Waals surface area (Å²) in [6, 6.07) is 4.68. The number of carbonyl (C=O) groups excluding carboxylic acids is 1. The van der Waals surface area contributed by atoms with Crippen LogP contribution in [0.2, 0.25) is 5.02 Å². The molecule has 3 nitrogen and oxygen atoms in total. The van der Waals surface area contributed by atoms with Crippen molar-refractivity contribution in [2.45, 2.75) is 39.2 Å². The summed E-state index contributed by atoms with van der Waals surface area (Å²) in [5, 5.41) is 3.75. The SMILES string of the molecule is CCCN(Cc1c(F)cccc1Cl)C(=O)C1CC12CCNCC2.Cl. The van der Waals surface area contributed by atoms with Crippen molar-refractivity contribution in [3.63, 3.8) is 0 Å². The number of hydrogen-bond donors (Lipinski definition) is 1. The molecule has 0 bridgehead atoms. The van der Waals surface area contributed by atoms with E-state index in [0.29, 0.717) is 17.1 Å². The molecule has 6 heteroatoms. The van der Waals surface area contributed by atoms with E-state index in [-0.39, 0.29) is 42.0 Å². The monoisotopic (exact) mass is 374 g/mol.